The Morgan fingerprint density at radius 3 is 2.48 bits per heavy atom. The molecule has 3 heterocycles. The van der Waals surface area contributed by atoms with Gasteiger partial charge in [-0.05, 0) is 26.1 Å². The van der Waals surface area contributed by atoms with Crippen LogP contribution < -0.4 is 15.1 Å². The van der Waals surface area contributed by atoms with E-state index in [4.69, 9.17) is 4.74 Å². The van der Waals surface area contributed by atoms with Crippen molar-refractivity contribution in [2.75, 3.05) is 74.6 Å². The summed E-state index contributed by atoms with van der Waals surface area (Å²) in [6.07, 6.45) is 0. The van der Waals surface area contributed by atoms with Gasteiger partial charge in [-0.3, -0.25) is 4.79 Å². The Hall–Kier alpha value is -2.71. The van der Waals surface area contributed by atoms with E-state index in [1.807, 2.05) is 31.2 Å². The number of ether oxygens (including phenoxy) is 1. The summed E-state index contributed by atoms with van der Waals surface area (Å²) >= 11 is 0. The lowest BCUT2D eigenvalue weighted by atomic mass is 10.2. The Kier molecular flexibility index (Phi) is 5.92. The van der Waals surface area contributed by atoms with Gasteiger partial charge < -0.3 is 24.8 Å². The number of amides is 1. The second-order valence-corrected chi connectivity index (χ2v) is 7.52. The van der Waals surface area contributed by atoms with E-state index in [1.54, 1.807) is 6.07 Å². The minimum absolute atomic E-state index is 0.216. The summed E-state index contributed by atoms with van der Waals surface area (Å²) in [7, 11) is 2.12. The highest BCUT2D eigenvalue weighted by Crippen LogP contribution is 2.27. The number of hydrogen-bond acceptors (Lipinski definition) is 7. The summed E-state index contributed by atoms with van der Waals surface area (Å²) in [6.45, 7) is 8.61. The molecule has 29 heavy (non-hydrogen) atoms. The molecule has 1 aromatic heterocycles. The lowest BCUT2D eigenvalue weighted by Gasteiger charge is -2.33. The maximum absolute atomic E-state index is 13.0. The number of carbonyl (C=O) groups is 1. The lowest BCUT2D eigenvalue weighted by molar-refractivity contribution is 0.102. The van der Waals surface area contributed by atoms with Gasteiger partial charge in [-0.15, -0.1) is 0 Å². The van der Waals surface area contributed by atoms with Crippen molar-refractivity contribution in [2.24, 2.45) is 0 Å². The van der Waals surface area contributed by atoms with Crippen LogP contribution in [-0.4, -0.2) is 80.3 Å². The Morgan fingerprint density at radius 1 is 1.00 bits per heavy atom. The molecule has 8 nitrogen and oxygen atoms in total. The van der Waals surface area contributed by atoms with Crippen molar-refractivity contribution in [3.05, 3.63) is 41.9 Å². The predicted molar refractivity (Wildman–Crippen MR) is 114 cm³/mol. The molecule has 0 saturated carbocycles. The molecule has 2 aromatic rings. The van der Waals surface area contributed by atoms with Gasteiger partial charge in [0.15, 0.2) is 0 Å². The molecule has 2 aliphatic rings. The third-order valence-corrected chi connectivity index (χ3v) is 5.39. The van der Waals surface area contributed by atoms with Crippen LogP contribution in [0, 0.1) is 6.92 Å². The zero-order valence-electron chi connectivity index (χ0n) is 17.1. The Bertz CT molecular complexity index is 860. The molecule has 0 unspecified atom stereocenters. The summed E-state index contributed by atoms with van der Waals surface area (Å²) in [5.41, 5.74) is 2.19. The number of aromatic nitrogens is 2. The van der Waals surface area contributed by atoms with Gasteiger partial charge in [-0.25, -0.2) is 9.97 Å². The molecule has 2 aliphatic heterocycles. The van der Waals surface area contributed by atoms with Gasteiger partial charge in [0.25, 0.3) is 5.91 Å². The van der Waals surface area contributed by atoms with Crippen LogP contribution in [-0.2, 0) is 4.74 Å². The number of benzene rings is 1. The molecule has 0 radical (unpaired) electrons. The molecular weight excluding hydrogens is 368 g/mol. The topological polar surface area (TPSA) is 73.8 Å². The smallest absolute Gasteiger partial charge is 0.274 e. The van der Waals surface area contributed by atoms with Crippen LogP contribution in [0.5, 0.6) is 0 Å². The SMILES string of the molecule is Cc1nc(C(=O)Nc2ccccc2N2CCOCC2)cc(N2CCN(C)CC2)n1. The summed E-state index contributed by atoms with van der Waals surface area (Å²) in [5, 5.41) is 3.05. The van der Waals surface area contributed by atoms with E-state index >= 15 is 0 Å². The van der Waals surface area contributed by atoms with Crippen molar-refractivity contribution < 1.29 is 9.53 Å². The Morgan fingerprint density at radius 2 is 1.72 bits per heavy atom. The number of carbonyl (C=O) groups excluding carboxylic acids is 1. The van der Waals surface area contributed by atoms with Crippen LogP contribution in [0.25, 0.3) is 0 Å². The van der Waals surface area contributed by atoms with Gasteiger partial charge in [0.2, 0.25) is 0 Å². The summed E-state index contributed by atoms with van der Waals surface area (Å²) in [4.78, 5) is 28.7. The van der Waals surface area contributed by atoms with Gasteiger partial charge in [0, 0.05) is 45.3 Å². The van der Waals surface area contributed by atoms with Gasteiger partial charge in [0.05, 0.1) is 24.6 Å². The summed E-state index contributed by atoms with van der Waals surface area (Å²) in [6, 6.07) is 9.67. The summed E-state index contributed by atoms with van der Waals surface area (Å²) < 4.78 is 5.45. The van der Waals surface area contributed by atoms with Crippen molar-refractivity contribution in [1.82, 2.24) is 14.9 Å². The fraction of sp³-hybridized carbons (Fsp3) is 0.476. The van der Waals surface area contributed by atoms with Crippen molar-refractivity contribution >= 4 is 23.1 Å². The second-order valence-electron chi connectivity index (χ2n) is 7.52. The minimum atomic E-state index is -0.216. The minimum Gasteiger partial charge on any atom is -0.378 e. The van der Waals surface area contributed by atoms with E-state index in [1.165, 1.54) is 0 Å². The number of hydrogen-bond donors (Lipinski definition) is 1. The standard InChI is InChI=1S/C21H28N6O2/c1-16-22-18(15-20(23-16)27-9-7-25(2)8-10-27)21(28)24-17-5-3-4-6-19(17)26-11-13-29-14-12-26/h3-6,15H,7-14H2,1-2H3,(H,24,28). The highest BCUT2D eigenvalue weighted by molar-refractivity contribution is 6.05. The Labute approximate surface area is 171 Å². The van der Waals surface area contributed by atoms with Gasteiger partial charge in [0.1, 0.15) is 17.3 Å². The molecule has 0 atom stereocenters. The molecule has 0 spiro atoms. The zero-order valence-corrected chi connectivity index (χ0v) is 17.1. The molecule has 1 N–H and O–H groups in total. The highest BCUT2D eigenvalue weighted by Gasteiger charge is 2.20. The van der Waals surface area contributed by atoms with Crippen LogP contribution in [0.2, 0.25) is 0 Å². The van der Waals surface area contributed by atoms with E-state index < -0.39 is 0 Å². The van der Waals surface area contributed by atoms with Gasteiger partial charge in [-0.1, -0.05) is 12.1 Å². The number of para-hydroxylation sites is 2. The molecular formula is C21H28N6O2. The van der Waals surface area contributed by atoms with Crippen molar-refractivity contribution in [3.8, 4) is 0 Å². The first kappa shape index (κ1) is 19.6. The maximum Gasteiger partial charge on any atom is 0.274 e. The molecule has 1 aromatic carbocycles. The first-order valence-electron chi connectivity index (χ1n) is 10.1. The lowest BCUT2D eigenvalue weighted by Crippen LogP contribution is -2.45. The summed E-state index contributed by atoms with van der Waals surface area (Å²) in [5.74, 6) is 1.21. The molecule has 0 bridgehead atoms. The van der Waals surface area contributed by atoms with Crippen LogP contribution >= 0.6 is 0 Å². The van der Waals surface area contributed by atoms with E-state index in [2.05, 4.69) is 37.0 Å². The van der Waals surface area contributed by atoms with E-state index in [9.17, 15) is 4.79 Å². The molecule has 2 fully saturated rings. The zero-order chi connectivity index (χ0) is 20.2. The molecule has 4 rings (SSSR count). The van der Waals surface area contributed by atoms with E-state index in [0.29, 0.717) is 24.7 Å². The fourth-order valence-electron chi connectivity index (χ4n) is 3.71. The van der Waals surface area contributed by atoms with E-state index in [-0.39, 0.29) is 5.91 Å². The molecule has 0 aliphatic carbocycles. The van der Waals surface area contributed by atoms with Crippen LogP contribution in [0.4, 0.5) is 17.2 Å². The van der Waals surface area contributed by atoms with Crippen LogP contribution in [0.15, 0.2) is 30.3 Å². The first-order valence-corrected chi connectivity index (χ1v) is 10.1. The van der Waals surface area contributed by atoms with Crippen LogP contribution in [0.3, 0.4) is 0 Å². The largest absolute Gasteiger partial charge is 0.378 e. The average molecular weight is 396 g/mol. The van der Waals surface area contributed by atoms with Crippen molar-refractivity contribution in [2.45, 2.75) is 6.92 Å². The number of aryl methyl sites for hydroxylation is 1. The van der Waals surface area contributed by atoms with Crippen molar-refractivity contribution in [1.29, 1.82) is 0 Å². The number of nitrogens with one attached hydrogen (secondary N) is 1. The second kappa shape index (κ2) is 8.75. The third-order valence-electron chi connectivity index (χ3n) is 5.39. The number of likely N-dealkylation sites (N-methyl/N-ethyl adjacent to an activating group) is 1. The van der Waals surface area contributed by atoms with Crippen molar-refractivity contribution in [3.63, 3.8) is 0 Å². The quantitative estimate of drug-likeness (QED) is 0.842. The van der Waals surface area contributed by atoms with E-state index in [0.717, 1.165) is 56.5 Å². The number of morpholine rings is 1. The number of nitrogens with zero attached hydrogens (tertiary/aromatic N) is 5. The highest BCUT2D eigenvalue weighted by atomic mass is 16.5. The molecule has 154 valence electrons. The van der Waals surface area contributed by atoms with Gasteiger partial charge in [-0.2, -0.15) is 0 Å². The molecule has 1 amide bonds. The van der Waals surface area contributed by atoms with Gasteiger partial charge >= 0.3 is 0 Å². The number of rotatable bonds is 4. The maximum atomic E-state index is 13.0. The fourth-order valence-corrected chi connectivity index (χ4v) is 3.71. The Balaban J connectivity index is 1.53. The normalized spacial score (nSPS) is 18.0. The average Bonchev–Trinajstić information content (AvgIpc) is 2.75. The number of anilines is 3. The molecule has 8 heteroatoms. The van der Waals surface area contributed by atoms with Crippen LogP contribution in [0.1, 0.15) is 16.3 Å². The monoisotopic (exact) mass is 396 g/mol. The first-order chi connectivity index (χ1) is 14.1. The number of piperazine rings is 1. The molecule has 2 saturated heterocycles. The third kappa shape index (κ3) is 4.65. The predicted octanol–water partition coefficient (Wildman–Crippen LogP) is 1.63.